The molecule has 1 atom stereocenters. The molecule has 3 aromatic rings. The van der Waals surface area contributed by atoms with E-state index in [4.69, 9.17) is 9.47 Å². The first-order chi connectivity index (χ1) is 15.4. The zero-order chi connectivity index (χ0) is 23.0. The quantitative estimate of drug-likeness (QED) is 0.559. The van der Waals surface area contributed by atoms with Crippen molar-refractivity contribution >= 4 is 5.91 Å². The Bertz CT molecular complexity index is 1140. The summed E-state index contributed by atoms with van der Waals surface area (Å²) < 4.78 is 11.2. The highest BCUT2D eigenvalue weighted by Crippen LogP contribution is 2.46. The second-order valence-electron chi connectivity index (χ2n) is 8.08. The highest BCUT2D eigenvalue weighted by Gasteiger charge is 2.42. The third-order valence-electron chi connectivity index (χ3n) is 5.83. The Morgan fingerprint density at radius 2 is 1.94 bits per heavy atom. The fraction of sp³-hybridized carbons (Fsp3) is 0.360. The van der Waals surface area contributed by atoms with Crippen molar-refractivity contribution in [2.24, 2.45) is 0 Å². The Morgan fingerprint density at radius 3 is 2.59 bits per heavy atom. The summed E-state index contributed by atoms with van der Waals surface area (Å²) in [5, 5.41) is 18.2. The average molecular weight is 436 g/mol. The summed E-state index contributed by atoms with van der Waals surface area (Å²) in [7, 11) is 1.60. The van der Waals surface area contributed by atoms with E-state index in [1.807, 2.05) is 56.9 Å². The maximum Gasteiger partial charge on any atom is 0.273 e. The molecule has 0 spiro atoms. The highest BCUT2D eigenvalue weighted by atomic mass is 16.5. The van der Waals surface area contributed by atoms with Crippen LogP contribution in [0.15, 0.2) is 30.3 Å². The number of phenolic OH excluding ortho intramolecular Hbond substituents is 1. The molecule has 0 saturated heterocycles. The van der Waals surface area contributed by atoms with Gasteiger partial charge in [-0.05, 0) is 62.1 Å². The average Bonchev–Trinajstić information content (AvgIpc) is 3.28. The van der Waals surface area contributed by atoms with Crippen LogP contribution >= 0.6 is 0 Å². The van der Waals surface area contributed by atoms with Gasteiger partial charge in [-0.3, -0.25) is 9.89 Å². The smallest absolute Gasteiger partial charge is 0.273 e. The van der Waals surface area contributed by atoms with Gasteiger partial charge in [0.05, 0.1) is 19.8 Å². The maximum atomic E-state index is 13.3. The van der Waals surface area contributed by atoms with Crippen molar-refractivity contribution in [2.45, 2.75) is 40.2 Å². The van der Waals surface area contributed by atoms with Gasteiger partial charge in [0.25, 0.3) is 5.91 Å². The number of carbonyl (C=O) groups excluding carboxylic acids is 1. The van der Waals surface area contributed by atoms with Gasteiger partial charge in [-0.1, -0.05) is 19.1 Å². The van der Waals surface area contributed by atoms with E-state index in [0.29, 0.717) is 41.6 Å². The number of aryl methyl sites for hydroxylation is 2. The Morgan fingerprint density at radius 1 is 1.16 bits per heavy atom. The number of amides is 1. The van der Waals surface area contributed by atoms with Crippen LogP contribution in [0.5, 0.6) is 17.2 Å². The van der Waals surface area contributed by atoms with Crippen LogP contribution in [0.3, 0.4) is 0 Å². The van der Waals surface area contributed by atoms with Crippen LogP contribution in [0.2, 0.25) is 0 Å². The molecule has 32 heavy (non-hydrogen) atoms. The number of hydrogen-bond acceptors (Lipinski definition) is 5. The van der Waals surface area contributed by atoms with Crippen molar-refractivity contribution in [1.29, 1.82) is 0 Å². The number of hydrogen-bond donors (Lipinski definition) is 2. The van der Waals surface area contributed by atoms with E-state index in [2.05, 4.69) is 10.2 Å². The molecule has 2 aromatic carbocycles. The van der Waals surface area contributed by atoms with Gasteiger partial charge in [-0.2, -0.15) is 5.10 Å². The number of phenols is 1. The number of fused-ring (bicyclic) bond motifs is 1. The van der Waals surface area contributed by atoms with Crippen LogP contribution in [0, 0.1) is 13.8 Å². The molecule has 2 N–H and O–H groups in total. The zero-order valence-corrected chi connectivity index (χ0v) is 19.2. The molecule has 7 heteroatoms. The summed E-state index contributed by atoms with van der Waals surface area (Å²) in [6, 6.07) is 9.13. The highest BCUT2D eigenvalue weighted by molar-refractivity contribution is 6.00. The number of aromatic hydroxyl groups is 1. The number of methoxy groups -OCH3 is 1. The van der Waals surface area contributed by atoms with Gasteiger partial charge in [0.15, 0.2) is 11.5 Å². The monoisotopic (exact) mass is 435 g/mol. The molecule has 7 nitrogen and oxygen atoms in total. The molecular formula is C25H29N3O4. The topological polar surface area (TPSA) is 87.7 Å². The molecule has 0 aliphatic carbocycles. The van der Waals surface area contributed by atoms with E-state index in [9.17, 15) is 9.90 Å². The minimum Gasteiger partial charge on any atom is -0.507 e. The van der Waals surface area contributed by atoms with E-state index in [-0.39, 0.29) is 17.7 Å². The van der Waals surface area contributed by atoms with Crippen LogP contribution in [0.4, 0.5) is 0 Å². The molecule has 4 rings (SSSR count). The van der Waals surface area contributed by atoms with Crippen molar-refractivity contribution in [2.75, 3.05) is 20.3 Å². The number of benzene rings is 2. The number of H-pyrrole nitrogens is 1. The van der Waals surface area contributed by atoms with E-state index in [1.165, 1.54) is 0 Å². The SMILES string of the molecule is CCCN1C(=O)c2[nH]nc(-c3c(C)cc(C)cc3O)c2C1c1ccc(OCC)c(OC)c1. The number of nitrogens with zero attached hydrogens (tertiary/aromatic N) is 2. The van der Waals surface area contributed by atoms with Crippen molar-refractivity contribution in [3.8, 4) is 28.5 Å². The normalized spacial score (nSPS) is 15.2. The molecule has 168 valence electrons. The summed E-state index contributed by atoms with van der Waals surface area (Å²) in [6.07, 6.45) is 0.818. The third kappa shape index (κ3) is 3.47. The predicted octanol–water partition coefficient (Wildman–Crippen LogP) is 4.76. The van der Waals surface area contributed by atoms with Gasteiger partial charge in [0.1, 0.15) is 17.1 Å². The maximum absolute atomic E-state index is 13.3. The first-order valence-corrected chi connectivity index (χ1v) is 10.9. The minimum absolute atomic E-state index is 0.0947. The van der Waals surface area contributed by atoms with Crippen LogP contribution in [0.25, 0.3) is 11.3 Å². The minimum atomic E-state index is -0.351. The number of ether oxygens (including phenoxy) is 2. The first-order valence-electron chi connectivity index (χ1n) is 10.9. The van der Waals surface area contributed by atoms with E-state index < -0.39 is 0 Å². The molecule has 1 amide bonds. The Hall–Kier alpha value is -3.48. The summed E-state index contributed by atoms with van der Waals surface area (Å²) in [4.78, 5) is 15.1. The van der Waals surface area contributed by atoms with E-state index >= 15 is 0 Å². The fourth-order valence-corrected chi connectivity index (χ4v) is 4.59. The van der Waals surface area contributed by atoms with Gasteiger partial charge in [-0.15, -0.1) is 0 Å². The molecule has 1 aliphatic rings. The molecule has 1 aliphatic heterocycles. The van der Waals surface area contributed by atoms with Crippen molar-refractivity contribution in [1.82, 2.24) is 15.1 Å². The van der Waals surface area contributed by atoms with Gasteiger partial charge >= 0.3 is 0 Å². The molecule has 1 aromatic heterocycles. The molecule has 0 saturated carbocycles. The van der Waals surface area contributed by atoms with Gasteiger partial charge in [0.2, 0.25) is 0 Å². The van der Waals surface area contributed by atoms with Crippen molar-refractivity contribution in [3.63, 3.8) is 0 Å². The second-order valence-corrected chi connectivity index (χ2v) is 8.08. The van der Waals surface area contributed by atoms with Gasteiger partial charge in [-0.25, -0.2) is 0 Å². The fourth-order valence-electron chi connectivity index (χ4n) is 4.59. The van der Waals surface area contributed by atoms with Gasteiger partial charge < -0.3 is 19.5 Å². The number of aromatic amines is 1. The number of carbonyl (C=O) groups is 1. The summed E-state index contributed by atoms with van der Waals surface area (Å²) >= 11 is 0. The summed E-state index contributed by atoms with van der Waals surface area (Å²) in [6.45, 7) is 8.98. The molecule has 2 heterocycles. The largest absolute Gasteiger partial charge is 0.507 e. The molecule has 1 unspecified atom stereocenters. The van der Waals surface area contributed by atoms with Crippen molar-refractivity contribution in [3.05, 3.63) is 58.3 Å². The molecule has 0 fully saturated rings. The lowest BCUT2D eigenvalue weighted by Crippen LogP contribution is -2.30. The van der Waals surface area contributed by atoms with E-state index in [1.54, 1.807) is 13.2 Å². The van der Waals surface area contributed by atoms with Crippen LogP contribution in [0.1, 0.15) is 59.1 Å². The Balaban J connectivity index is 1.92. The second kappa shape index (κ2) is 8.57. The molecular weight excluding hydrogens is 406 g/mol. The number of aromatic nitrogens is 2. The molecule has 0 bridgehead atoms. The zero-order valence-electron chi connectivity index (χ0n) is 19.2. The number of nitrogens with one attached hydrogen (secondary N) is 1. The Kier molecular flexibility index (Phi) is 5.82. The lowest BCUT2D eigenvalue weighted by molar-refractivity contribution is 0.0743. The summed E-state index contributed by atoms with van der Waals surface area (Å²) in [5.41, 5.74) is 5.25. The van der Waals surface area contributed by atoms with Crippen molar-refractivity contribution < 1.29 is 19.4 Å². The standard InChI is InChI=1S/C25H29N3O4/c1-6-10-28-24(16-8-9-18(32-7-2)19(13-16)31-5)21-22(26-27-23(21)25(28)30)20-15(4)11-14(3)12-17(20)29/h8-9,11-13,24,29H,6-7,10H2,1-5H3,(H,26,27). The first kappa shape index (κ1) is 21.7. The van der Waals surface area contributed by atoms with Crippen LogP contribution < -0.4 is 9.47 Å². The van der Waals surface area contributed by atoms with Crippen LogP contribution in [-0.2, 0) is 0 Å². The van der Waals surface area contributed by atoms with Crippen LogP contribution in [-0.4, -0.2) is 46.4 Å². The lowest BCUT2D eigenvalue weighted by atomic mass is 9.93. The van der Waals surface area contributed by atoms with Gasteiger partial charge in [0, 0.05) is 17.7 Å². The molecule has 0 radical (unpaired) electrons. The lowest BCUT2D eigenvalue weighted by Gasteiger charge is -2.26. The summed E-state index contributed by atoms with van der Waals surface area (Å²) in [5.74, 6) is 1.33. The number of rotatable bonds is 7. The Labute approximate surface area is 188 Å². The van der Waals surface area contributed by atoms with E-state index in [0.717, 1.165) is 28.7 Å². The predicted molar refractivity (Wildman–Crippen MR) is 122 cm³/mol. The third-order valence-corrected chi connectivity index (χ3v) is 5.83.